The molecule has 0 spiro atoms. The van der Waals surface area contributed by atoms with Crippen LogP contribution in [0.15, 0.2) is 23.0 Å². The number of H-pyrrole nitrogens is 1. The summed E-state index contributed by atoms with van der Waals surface area (Å²) in [6, 6.07) is 3.20. The van der Waals surface area contributed by atoms with Gasteiger partial charge in [-0.3, -0.25) is 14.4 Å². The van der Waals surface area contributed by atoms with Gasteiger partial charge in [-0.15, -0.1) is 0 Å². The van der Waals surface area contributed by atoms with Crippen molar-refractivity contribution in [1.82, 2.24) is 14.9 Å². The summed E-state index contributed by atoms with van der Waals surface area (Å²) in [4.78, 5) is 53.8. The Labute approximate surface area is 209 Å². The molecule has 16 heteroatoms. The number of carbonyl (C=O) groups excluding carboxylic acids is 3. The number of hydrogen-bond acceptors (Lipinski definition) is 5. The molecule has 1 aromatic carbocycles. The highest BCUT2D eigenvalue weighted by Gasteiger charge is 2.46. The normalized spacial score (nSPS) is 14.4. The highest BCUT2D eigenvalue weighted by Crippen LogP contribution is 2.22. The first-order valence-corrected chi connectivity index (χ1v) is 10.9. The van der Waals surface area contributed by atoms with Crippen LogP contribution >= 0.6 is 0 Å². The first-order valence-electron chi connectivity index (χ1n) is 10.9. The van der Waals surface area contributed by atoms with Crippen molar-refractivity contribution in [2.24, 2.45) is 0 Å². The molecule has 0 unspecified atom stereocenters. The number of rotatable bonds is 4. The molecular weight excluding hydrogens is 533 g/mol. The molecule has 1 N–H and O–H groups in total. The highest BCUT2D eigenvalue weighted by atomic mass is 19.4. The van der Waals surface area contributed by atoms with Crippen molar-refractivity contribution in [3.63, 3.8) is 0 Å². The van der Waals surface area contributed by atoms with Crippen molar-refractivity contribution in [2.45, 2.75) is 32.6 Å². The largest absolute Gasteiger partial charge is 0.498 e. The zero-order valence-electron chi connectivity index (χ0n) is 19.8. The Bertz CT molecular complexity index is 1330. The molecule has 2 heterocycles. The maximum Gasteiger partial charge on any atom is 0.498 e. The molecule has 1 aliphatic rings. The van der Waals surface area contributed by atoms with Crippen LogP contribution in [0.3, 0.4) is 0 Å². The third-order valence-corrected chi connectivity index (χ3v) is 5.92. The second-order valence-electron chi connectivity index (χ2n) is 8.38. The van der Waals surface area contributed by atoms with Gasteiger partial charge in [-0.05, 0) is 31.5 Å². The fourth-order valence-corrected chi connectivity index (χ4v) is 3.70. The molecule has 1 fully saturated rings. The Morgan fingerprint density at radius 3 is 2.08 bits per heavy atom. The van der Waals surface area contributed by atoms with Crippen molar-refractivity contribution in [3.05, 3.63) is 62.3 Å². The zero-order valence-corrected chi connectivity index (χ0v) is 19.8. The van der Waals surface area contributed by atoms with Crippen molar-refractivity contribution >= 4 is 17.8 Å². The van der Waals surface area contributed by atoms with Crippen LogP contribution in [-0.2, 0) is 16.0 Å². The predicted octanol–water partition coefficient (Wildman–Crippen LogP) is 1.37. The minimum absolute atomic E-state index is 0.101. The van der Waals surface area contributed by atoms with E-state index in [0.717, 1.165) is 17.0 Å². The average Bonchev–Trinajstić information content (AvgIpc) is 2.84. The Morgan fingerprint density at radius 2 is 1.53 bits per heavy atom. The lowest BCUT2D eigenvalue weighted by molar-refractivity contribution is -0.921. The second kappa shape index (κ2) is 10.4. The van der Waals surface area contributed by atoms with Crippen LogP contribution in [0.5, 0.6) is 0 Å². The summed E-state index contributed by atoms with van der Waals surface area (Å²) in [5.74, 6) is -6.52. The Hall–Kier alpha value is -3.98. The molecule has 0 aliphatic carbocycles. The van der Waals surface area contributed by atoms with Crippen LogP contribution in [0.1, 0.15) is 32.7 Å². The first-order chi connectivity index (χ1) is 17.5. The Kier molecular flexibility index (Phi) is 7.83. The van der Waals surface area contributed by atoms with Gasteiger partial charge in [-0.1, -0.05) is 11.2 Å². The fourth-order valence-electron chi connectivity index (χ4n) is 3.70. The summed E-state index contributed by atoms with van der Waals surface area (Å²) in [5, 5.41) is 1.99. The van der Waals surface area contributed by atoms with Gasteiger partial charge in [0.15, 0.2) is 0 Å². The smallest absolute Gasteiger partial charge is 0.335 e. The number of hydrogen-bond donors (Lipinski definition) is 1. The third kappa shape index (κ3) is 6.11. The van der Waals surface area contributed by atoms with Gasteiger partial charge in [-0.25, -0.2) is 9.18 Å². The van der Waals surface area contributed by atoms with E-state index in [-0.39, 0.29) is 46.7 Å². The molecule has 0 saturated carbocycles. The van der Waals surface area contributed by atoms with E-state index in [1.807, 2.05) is 5.10 Å². The van der Waals surface area contributed by atoms with E-state index in [4.69, 9.17) is 0 Å². The maximum atomic E-state index is 14.5. The standard InChI is InChI=1S/C22H19F7N4O5/c1-11-12(2)17(34)30-33(38-20(37)22(27,28)29)16(11)10-13-3-4-15(23)14(9-13)18(35)31-5-7-32(8-6-31)19(36)21(24,25)26/h3-4,9H,5-8,10H2,1-2H3/p+1. The summed E-state index contributed by atoms with van der Waals surface area (Å²) in [6.45, 7) is 1.31. The minimum Gasteiger partial charge on any atom is -0.335 e. The van der Waals surface area contributed by atoms with E-state index in [1.165, 1.54) is 19.9 Å². The summed E-state index contributed by atoms with van der Waals surface area (Å²) >= 11 is 0. The van der Waals surface area contributed by atoms with Gasteiger partial charge < -0.3 is 9.80 Å². The number of alkyl halides is 6. The Balaban J connectivity index is 1.86. The SMILES string of the molecule is Cc1c(C)c(=O)[nH][n+](OC(=O)C(F)(F)F)c1Cc1ccc(F)c(C(=O)N2CCN(C(=O)C(F)(F)F)CC2)c1. The molecule has 0 atom stereocenters. The number of nitrogens with zero attached hydrogens (tertiary/aromatic N) is 3. The molecule has 0 bridgehead atoms. The number of piperazine rings is 1. The molecule has 1 saturated heterocycles. The summed E-state index contributed by atoms with van der Waals surface area (Å²) in [7, 11) is 0. The molecule has 1 aliphatic heterocycles. The van der Waals surface area contributed by atoms with Gasteiger partial charge in [0.25, 0.3) is 11.6 Å². The van der Waals surface area contributed by atoms with Crippen molar-refractivity contribution < 1.29 is 54.8 Å². The van der Waals surface area contributed by atoms with Gasteiger partial charge in [0, 0.05) is 37.3 Å². The molecule has 9 nitrogen and oxygen atoms in total. The van der Waals surface area contributed by atoms with Gasteiger partial charge in [0.1, 0.15) is 10.7 Å². The van der Waals surface area contributed by atoms with E-state index in [9.17, 15) is 49.9 Å². The van der Waals surface area contributed by atoms with Crippen molar-refractivity contribution in [3.8, 4) is 0 Å². The van der Waals surface area contributed by atoms with Crippen LogP contribution in [0.2, 0.25) is 0 Å². The second-order valence-corrected chi connectivity index (χ2v) is 8.38. The summed E-state index contributed by atoms with van der Waals surface area (Å²) in [6.07, 6.45) is -10.8. The zero-order chi connectivity index (χ0) is 28.6. The van der Waals surface area contributed by atoms with Crippen molar-refractivity contribution in [1.29, 1.82) is 0 Å². The predicted molar refractivity (Wildman–Crippen MR) is 112 cm³/mol. The lowest BCUT2D eigenvalue weighted by atomic mass is 10.0. The van der Waals surface area contributed by atoms with E-state index in [2.05, 4.69) is 4.84 Å². The topological polar surface area (TPSA) is 104 Å². The molecule has 2 amide bonds. The number of aromatic nitrogens is 2. The molecule has 206 valence electrons. The molecule has 2 aromatic rings. The van der Waals surface area contributed by atoms with E-state index >= 15 is 0 Å². The summed E-state index contributed by atoms with van der Waals surface area (Å²) in [5.41, 5.74) is -0.985. The van der Waals surface area contributed by atoms with Gasteiger partial charge in [-0.2, -0.15) is 31.2 Å². The fraction of sp³-hybridized carbons (Fsp3) is 0.409. The third-order valence-electron chi connectivity index (χ3n) is 5.92. The van der Waals surface area contributed by atoms with Crippen LogP contribution in [0.4, 0.5) is 30.7 Å². The van der Waals surface area contributed by atoms with Gasteiger partial charge in [0.2, 0.25) is 0 Å². The number of halogens is 7. The first kappa shape index (κ1) is 28.6. The monoisotopic (exact) mass is 553 g/mol. The van der Waals surface area contributed by atoms with E-state index in [0.29, 0.717) is 4.90 Å². The van der Waals surface area contributed by atoms with Crippen LogP contribution in [0, 0.1) is 19.7 Å². The molecule has 3 rings (SSSR count). The highest BCUT2D eigenvalue weighted by molar-refractivity contribution is 5.95. The number of amides is 2. The number of benzene rings is 1. The quantitative estimate of drug-likeness (QED) is 0.455. The molecule has 0 radical (unpaired) electrons. The van der Waals surface area contributed by atoms with Crippen molar-refractivity contribution in [2.75, 3.05) is 26.2 Å². The summed E-state index contributed by atoms with van der Waals surface area (Å²) < 4.78 is 90.6. The molecule has 38 heavy (non-hydrogen) atoms. The Morgan fingerprint density at radius 1 is 0.947 bits per heavy atom. The lowest BCUT2D eigenvalue weighted by Crippen LogP contribution is -2.58. The number of nitrogens with one attached hydrogen (secondary N) is 1. The molecule has 1 aromatic heterocycles. The van der Waals surface area contributed by atoms with Gasteiger partial charge >= 0.3 is 29.8 Å². The van der Waals surface area contributed by atoms with E-state index < -0.39 is 60.2 Å². The minimum atomic E-state index is -5.37. The van der Waals surface area contributed by atoms with Gasteiger partial charge in [0.05, 0.1) is 12.0 Å². The van der Waals surface area contributed by atoms with E-state index in [1.54, 1.807) is 0 Å². The van der Waals surface area contributed by atoms with Crippen LogP contribution in [-0.4, -0.2) is 71.2 Å². The maximum absolute atomic E-state index is 14.5. The molecular formula is C22H20F7N4O5+. The lowest BCUT2D eigenvalue weighted by Gasteiger charge is -2.35. The van der Waals surface area contributed by atoms with Crippen LogP contribution < -0.4 is 15.2 Å². The number of carbonyl (C=O) groups is 3. The van der Waals surface area contributed by atoms with Crippen LogP contribution in [0.25, 0.3) is 0 Å². The number of aromatic amines is 1. The average molecular weight is 553 g/mol.